The average Bonchev–Trinajstić information content (AvgIpc) is 3.58. The number of methoxy groups -OCH3 is 2. The lowest BCUT2D eigenvalue weighted by Crippen LogP contribution is -2.45. The number of hydrogen-bond donors (Lipinski definition) is 1. The molecule has 0 spiro atoms. The van der Waals surface area contributed by atoms with Gasteiger partial charge in [-0.05, 0) is 60.9 Å². The third-order valence-corrected chi connectivity index (χ3v) is 6.50. The minimum absolute atomic E-state index is 0.0962. The second-order valence-corrected chi connectivity index (χ2v) is 8.96. The molecule has 1 atom stereocenters. The molecule has 4 rings (SSSR count). The van der Waals surface area contributed by atoms with Gasteiger partial charge in [-0.1, -0.05) is 36.6 Å². The quantitative estimate of drug-likeness (QED) is 0.429. The zero-order chi connectivity index (χ0) is 24.8. The van der Waals surface area contributed by atoms with Crippen molar-refractivity contribution in [3.8, 4) is 11.5 Å². The van der Waals surface area contributed by atoms with Crippen LogP contribution in [0.15, 0.2) is 65.3 Å². The minimum atomic E-state index is -0.890. The number of halogens is 1. The normalized spacial score (nSPS) is 14.4. The summed E-state index contributed by atoms with van der Waals surface area (Å²) in [5.74, 6) is 0.916. The summed E-state index contributed by atoms with van der Waals surface area (Å²) in [7, 11) is 3.05. The summed E-state index contributed by atoms with van der Waals surface area (Å²) in [6.07, 6.45) is 5.57. The Kier molecular flexibility index (Phi) is 7.98. The van der Waals surface area contributed by atoms with Gasteiger partial charge in [0, 0.05) is 16.6 Å². The molecule has 184 valence electrons. The third-order valence-electron chi connectivity index (χ3n) is 6.24. The standard InChI is InChI=1S/C27H29ClN2O5/c1-33-23-14-11-19(16-24(23)34-2)27(32)30(17-22-8-5-15-35-22)25(18-9-12-20(28)13-10-18)26(31)29-21-6-3-4-7-21/h5,8-16,21,25H,3-4,6-7,17H2,1-2H3,(H,29,31)/t25-/m1/s1. The highest BCUT2D eigenvalue weighted by atomic mass is 35.5. The maximum Gasteiger partial charge on any atom is 0.255 e. The van der Waals surface area contributed by atoms with Crippen LogP contribution in [0.25, 0.3) is 0 Å². The second kappa shape index (κ2) is 11.3. The lowest BCUT2D eigenvalue weighted by Gasteiger charge is -2.32. The number of furan rings is 1. The van der Waals surface area contributed by atoms with Crippen LogP contribution in [0, 0.1) is 0 Å². The van der Waals surface area contributed by atoms with E-state index in [1.54, 1.807) is 60.9 Å². The van der Waals surface area contributed by atoms with Crippen LogP contribution in [0.4, 0.5) is 0 Å². The number of hydrogen-bond acceptors (Lipinski definition) is 5. The van der Waals surface area contributed by atoms with Gasteiger partial charge in [0.2, 0.25) is 5.91 Å². The Morgan fingerprint density at radius 2 is 1.77 bits per heavy atom. The summed E-state index contributed by atoms with van der Waals surface area (Å²) < 4.78 is 16.3. The van der Waals surface area contributed by atoms with Crippen molar-refractivity contribution < 1.29 is 23.5 Å². The van der Waals surface area contributed by atoms with Gasteiger partial charge < -0.3 is 24.1 Å². The average molecular weight is 497 g/mol. The Hall–Kier alpha value is -3.45. The molecule has 0 bridgehead atoms. The molecule has 2 aromatic carbocycles. The van der Waals surface area contributed by atoms with E-state index in [0.717, 1.165) is 25.7 Å². The topological polar surface area (TPSA) is 81.0 Å². The van der Waals surface area contributed by atoms with E-state index in [2.05, 4.69) is 5.32 Å². The Balaban J connectivity index is 1.75. The number of carbonyl (C=O) groups is 2. The van der Waals surface area contributed by atoms with E-state index < -0.39 is 6.04 Å². The maximum absolute atomic E-state index is 13.9. The van der Waals surface area contributed by atoms with E-state index in [9.17, 15) is 9.59 Å². The van der Waals surface area contributed by atoms with Gasteiger partial charge in [0.05, 0.1) is 27.0 Å². The SMILES string of the molecule is COc1ccc(C(=O)N(Cc2ccco2)[C@@H](C(=O)NC2CCCC2)c2ccc(Cl)cc2)cc1OC. The van der Waals surface area contributed by atoms with Crippen molar-refractivity contribution in [3.63, 3.8) is 0 Å². The first-order chi connectivity index (χ1) is 17.0. The Bertz CT molecular complexity index is 1140. The van der Waals surface area contributed by atoms with Crippen molar-refractivity contribution in [3.05, 3.63) is 82.8 Å². The summed E-state index contributed by atoms with van der Waals surface area (Å²) >= 11 is 6.13. The lowest BCUT2D eigenvalue weighted by molar-refractivity contribution is -0.126. The van der Waals surface area contributed by atoms with Gasteiger partial charge in [0.25, 0.3) is 5.91 Å². The minimum Gasteiger partial charge on any atom is -0.493 e. The van der Waals surface area contributed by atoms with Crippen LogP contribution < -0.4 is 14.8 Å². The highest BCUT2D eigenvalue weighted by Gasteiger charge is 2.34. The fourth-order valence-electron chi connectivity index (χ4n) is 4.45. The smallest absolute Gasteiger partial charge is 0.255 e. The molecular formula is C27H29ClN2O5. The van der Waals surface area contributed by atoms with E-state index >= 15 is 0 Å². The summed E-state index contributed by atoms with van der Waals surface area (Å²) in [6, 6.07) is 14.7. The molecule has 1 aliphatic carbocycles. The first-order valence-corrected chi connectivity index (χ1v) is 12.0. The summed E-state index contributed by atoms with van der Waals surface area (Å²) in [5.41, 5.74) is 1.02. The number of ether oxygens (including phenoxy) is 2. The summed E-state index contributed by atoms with van der Waals surface area (Å²) in [4.78, 5) is 29.2. The van der Waals surface area contributed by atoms with Gasteiger partial charge >= 0.3 is 0 Å². The molecule has 35 heavy (non-hydrogen) atoms. The number of carbonyl (C=O) groups excluding carboxylic acids is 2. The van der Waals surface area contributed by atoms with Crippen LogP contribution in [-0.4, -0.2) is 37.0 Å². The Labute approximate surface area is 210 Å². The molecule has 2 amide bonds. The van der Waals surface area contributed by atoms with Crippen molar-refractivity contribution in [1.29, 1.82) is 0 Å². The van der Waals surface area contributed by atoms with E-state index in [4.69, 9.17) is 25.5 Å². The van der Waals surface area contributed by atoms with Crippen molar-refractivity contribution in [1.82, 2.24) is 10.2 Å². The molecule has 0 unspecified atom stereocenters. The van der Waals surface area contributed by atoms with E-state index in [0.29, 0.717) is 33.4 Å². The van der Waals surface area contributed by atoms with Gasteiger partial charge in [-0.25, -0.2) is 0 Å². The highest BCUT2D eigenvalue weighted by molar-refractivity contribution is 6.30. The highest BCUT2D eigenvalue weighted by Crippen LogP contribution is 2.32. The molecular weight excluding hydrogens is 468 g/mol. The van der Waals surface area contributed by atoms with E-state index in [-0.39, 0.29) is 24.4 Å². The molecule has 0 radical (unpaired) electrons. The summed E-state index contributed by atoms with van der Waals surface area (Å²) in [6.45, 7) is 0.103. The molecule has 0 aliphatic heterocycles. The zero-order valence-corrected chi connectivity index (χ0v) is 20.6. The largest absolute Gasteiger partial charge is 0.493 e. The molecule has 0 saturated heterocycles. The van der Waals surface area contributed by atoms with Crippen molar-refractivity contribution in [2.24, 2.45) is 0 Å². The molecule has 1 aliphatic rings. The van der Waals surface area contributed by atoms with Crippen LogP contribution in [0.5, 0.6) is 11.5 Å². The number of rotatable bonds is 9. The number of nitrogens with one attached hydrogen (secondary N) is 1. The van der Waals surface area contributed by atoms with Crippen LogP contribution in [0.1, 0.15) is 53.4 Å². The molecule has 1 fully saturated rings. The van der Waals surface area contributed by atoms with Crippen molar-refractivity contribution >= 4 is 23.4 Å². The van der Waals surface area contributed by atoms with Gasteiger partial charge in [-0.3, -0.25) is 9.59 Å². The van der Waals surface area contributed by atoms with Crippen LogP contribution in [-0.2, 0) is 11.3 Å². The van der Waals surface area contributed by atoms with E-state index in [1.807, 2.05) is 0 Å². The van der Waals surface area contributed by atoms with Crippen LogP contribution in [0.2, 0.25) is 5.02 Å². The van der Waals surface area contributed by atoms with Gasteiger partial charge in [-0.15, -0.1) is 0 Å². The molecule has 8 heteroatoms. The Morgan fingerprint density at radius 1 is 1.06 bits per heavy atom. The van der Waals surface area contributed by atoms with Crippen LogP contribution in [0.3, 0.4) is 0 Å². The monoisotopic (exact) mass is 496 g/mol. The molecule has 1 saturated carbocycles. The lowest BCUT2D eigenvalue weighted by atomic mass is 10.0. The maximum atomic E-state index is 13.9. The fraction of sp³-hybridized carbons (Fsp3) is 0.333. The number of benzene rings is 2. The van der Waals surface area contributed by atoms with Gasteiger partial charge in [0.1, 0.15) is 11.8 Å². The van der Waals surface area contributed by atoms with Gasteiger partial charge in [-0.2, -0.15) is 0 Å². The Morgan fingerprint density at radius 3 is 2.40 bits per heavy atom. The molecule has 3 aromatic rings. The predicted molar refractivity (Wildman–Crippen MR) is 133 cm³/mol. The predicted octanol–water partition coefficient (Wildman–Crippen LogP) is 5.39. The molecule has 1 aromatic heterocycles. The third kappa shape index (κ3) is 5.80. The fourth-order valence-corrected chi connectivity index (χ4v) is 4.58. The van der Waals surface area contributed by atoms with Crippen LogP contribution >= 0.6 is 11.6 Å². The number of amides is 2. The molecule has 1 heterocycles. The second-order valence-electron chi connectivity index (χ2n) is 8.53. The van der Waals surface area contributed by atoms with Crippen molar-refractivity contribution in [2.45, 2.75) is 44.3 Å². The first-order valence-electron chi connectivity index (χ1n) is 11.6. The van der Waals surface area contributed by atoms with Gasteiger partial charge in [0.15, 0.2) is 11.5 Å². The molecule has 7 nitrogen and oxygen atoms in total. The zero-order valence-electron chi connectivity index (χ0n) is 19.8. The van der Waals surface area contributed by atoms with E-state index in [1.165, 1.54) is 19.1 Å². The number of nitrogens with zero attached hydrogens (tertiary/aromatic N) is 1. The molecule has 1 N–H and O–H groups in total. The van der Waals surface area contributed by atoms with Crippen molar-refractivity contribution in [2.75, 3.05) is 14.2 Å². The summed E-state index contributed by atoms with van der Waals surface area (Å²) in [5, 5.41) is 3.71. The first kappa shape index (κ1) is 24.7.